The summed E-state index contributed by atoms with van der Waals surface area (Å²) >= 11 is 0. The summed E-state index contributed by atoms with van der Waals surface area (Å²) in [6, 6.07) is 6.45. The second kappa shape index (κ2) is 5.77. The van der Waals surface area contributed by atoms with Crippen LogP contribution in [-0.2, 0) is 11.3 Å². The third-order valence-electron chi connectivity index (χ3n) is 3.98. The first-order valence-electron chi connectivity index (χ1n) is 7.46. The van der Waals surface area contributed by atoms with E-state index in [-0.39, 0.29) is 11.9 Å². The van der Waals surface area contributed by atoms with E-state index in [4.69, 9.17) is 4.42 Å². The molecule has 0 spiro atoms. The molecular weight excluding hydrogens is 266 g/mol. The van der Waals surface area contributed by atoms with Crippen LogP contribution in [0.25, 0.3) is 0 Å². The Labute approximate surface area is 124 Å². The van der Waals surface area contributed by atoms with Crippen molar-refractivity contribution in [2.45, 2.75) is 32.5 Å². The summed E-state index contributed by atoms with van der Waals surface area (Å²) in [5.41, 5.74) is 2.19. The zero-order chi connectivity index (χ0) is 14.8. The predicted octanol–water partition coefficient (Wildman–Crippen LogP) is 0.985. The Balaban J connectivity index is 1.88. The fourth-order valence-electron chi connectivity index (χ4n) is 2.89. The van der Waals surface area contributed by atoms with Crippen molar-refractivity contribution in [3.8, 4) is 0 Å². The molecule has 0 bridgehead atoms. The number of aromatic nitrogens is 1. The van der Waals surface area contributed by atoms with Gasteiger partial charge in [-0.25, -0.2) is 0 Å². The van der Waals surface area contributed by atoms with E-state index >= 15 is 0 Å². The van der Waals surface area contributed by atoms with Gasteiger partial charge >= 0.3 is 0 Å². The molecule has 2 aromatic rings. The van der Waals surface area contributed by atoms with Crippen LogP contribution in [0.4, 0.5) is 0 Å². The van der Waals surface area contributed by atoms with Crippen LogP contribution >= 0.6 is 0 Å². The van der Waals surface area contributed by atoms with Gasteiger partial charge in [-0.1, -0.05) is 0 Å². The predicted molar refractivity (Wildman–Crippen MR) is 78.6 cm³/mol. The summed E-state index contributed by atoms with van der Waals surface area (Å²) in [5.74, 6) is 0.183. The lowest BCUT2D eigenvalue weighted by molar-refractivity contribution is -0.673. The van der Waals surface area contributed by atoms with Crippen molar-refractivity contribution in [3.05, 3.63) is 48.2 Å². The highest BCUT2D eigenvalue weighted by Gasteiger charge is 2.33. The van der Waals surface area contributed by atoms with Gasteiger partial charge in [0.05, 0.1) is 18.6 Å². The molecule has 1 aliphatic heterocycles. The SMILES string of the molecule is CC(C)[NH2+]CC(=O)N1CCn2cccc2[C@@H]1c1ccoc1. The number of fused-ring (bicyclic) bond motifs is 1. The molecule has 0 saturated heterocycles. The maximum absolute atomic E-state index is 12.6. The van der Waals surface area contributed by atoms with Gasteiger partial charge in [-0.2, -0.15) is 0 Å². The number of quaternary nitrogens is 1. The van der Waals surface area contributed by atoms with Crippen molar-refractivity contribution < 1.29 is 14.5 Å². The lowest BCUT2D eigenvalue weighted by Crippen LogP contribution is -2.90. The van der Waals surface area contributed by atoms with Gasteiger partial charge in [-0.3, -0.25) is 4.79 Å². The fraction of sp³-hybridized carbons (Fsp3) is 0.438. The van der Waals surface area contributed by atoms with Crippen LogP contribution in [0.1, 0.15) is 31.1 Å². The Morgan fingerprint density at radius 3 is 3.00 bits per heavy atom. The summed E-state index contributed by atoms with van der Waals surface area (Å²) in [5, 5.41) is 2.07. The Kier molecular flexibility index (Phi) is 3.84. The monoisotopic (exact) mass is 288 g/mol. The van der Waals surface area contributed by atoms with Gasteiger partial charge in [0.15, 0.2) is 6.54 Å². The molecule has 0 aliphatic carbocycles. The quantitative estimate of drug-likeness (QED) is 0.912. The second-order valence-electron chi connectivity index (χ2n) is 5.86. The highest BCUT2D eigenvalue weighted by Crippen LogP contribution is 2.32. The number of amides is 1. The third-order valence-corrected chi connectivity index (χ3v) is 3.98. The normalized spacial score (nSPS) is 18.0. The maximum Gasteiger partial charge on any atom is 0.278 e. The topological polar surface area (TPSA) is 55.0 Å². The van der Waals surface area contributed by atoms with Crippen LogP contribution in [0, 0.1) is 0 Å². The first-order valence-corrected chi connectivity index (χ1v) is 7.46. The lowest BCUT2D eigenvalue weighted by atomic mass is 10.0. The van der Waals surface area contributed by atoms with Crippen LogP contribution in [0.2, 0.25) is 0 Å². The number of carbonyl (C=O) groups excluding carboxylic acids is 1. The number of rotatable bonds is 4. The molecule has 1 amide bonds. The highest BCUT2D eigenvalue weighted by molar-refractivity contribution is 5.78. The summed E-state index contributed by atoms with van der Waals surface area (Å²) < 4.78 is 7.45. The minimum atomic E-state index is -0.0411. The van der Waals surface area contributed by atoms with E-state index < -0.39 is 0 Å². The van der Waals surface area contributed by atoms with Crippen molar-refractivity contribution in [1.82, 2.24) is 9.47 Å². The smallest absolute Gasteiger partial charge is 0.278 e. The van der Waals surface area contributed by atoms with Crippen LogP contribution < -0.4 is 5.32 Å². The van der Waals surface area contributed by atoms with Crippen molar-refractivity contribution in [2.24, 2.45) is 0 Å². The van der Waals surface area contributed by atoms with Crippen molar-refractivity contribution >= 4 is 5.91 Å². The fourth-order valence-corrected chi connectivity index (χ4v) is 2.89. The minimum absolute atomic E-state index is 0.0411. The number of nitrogens with zero attached hydrogens (tertiary/aromatic N) is 2. The van der Waals surface area contributed by atoms with Crippen molar-refractivity contribution in [1.29, 1.82) is 0 Å². The molecule has 1 atom stereocenters. The molecule has 1 aliphatic rings. The van der Waals surface area contributed by atoms with Crippen LogP contribution in [0.5, 0.6) is 0 Å². The molecule has 0 radical (unpaired) electrons. The number of nitrogens with two attached hydrogens (primary N) is 1. The Hall–Kier alpha value is -2.01. The van der Waals surface area contributed by atoms with Crippen LogP contribution in [0.3, 0.4) is 0 Å². The zero-order valence-electron chi connectivity index (χ0n) is 12.5. The van der Waals surface area contributed by atoms with Crippen molar-refractivity contribution in [2.75, 3.05) is 13.1 Å². The van der Waals surface area contributed by atoms with E-state index in [2.05, 4.69) is 36.0 Å². The van der Waals surface area contributed by atoms with Gasteiger partial charge < -0.3 is 19.2 Å². The lowest BCUT2D eigenvalue weighted by Gasteiger charge is -2.36. The molecule has 21 heavy (non-hydrogen) atoms. The van der Waals surface area contributed by atoms with E-state index in [9.17, 15) is 4.79 Å². The summed E-state index contributed by atoms with van der Waals surface area (Å²) in [4.78, 5) is 14.6. The molecule has 5 heteroatoms. The van der Waals surface area contributed by atoms with Gasteiger partial charge in [0.25, 0.3) is 5.91 Å². The van der Waals surface area contributed by atoms with E-state index in [1.807, 2.05) is 17.0 Å². The van der Waals surface area contributed by atoms with Crippen LogP contribution in [-0.4, -0.2) is 34.5 Å². The van der Waals surface area contributed by atoms with E-state index in [1.165, 1.54) is 0 Å². The Bertz CT molecular complexity index is 601. The Morgan fingerprint density at radius 2 is 2.29 bits per heavy atom. The molecular formula is C16H22N3O2+. The van der Waals surface area contributed by atoms with E-state index in [0.29, 0.717) is 12.6 Å². The molecule has 2 aromatic heterocycles. The van der Waals surface area contributed by atoms with Gasteiger partial charge in [-0.05, 0) is 32.0 Å². The molecule has 3 heterocycles. The third kappa shape index (κ3) is 2.74. The molecule has 0 fully saturated rings. The molecule has 5 nitrogen and oxygen atoms in total. The van der Waals surface area contributed by atoms with Gasteiger partial charge in [-0.15, -0.1) is 0 Å². The average molecular weight is 288 g/mol. The minimum Gasteiger partial charge on any atom is -0.472 e. The molecule has 0 saturated carbocycles. The van der Waals surface area contributed by atoms with E-state index in [1.54, 1.807) is 12.5 Å². The largest absolute Gasteiger partial charge is 0.472 e. The maximum atomic E-state index is 12.6. The van der Waals surface area contributed by atoms with Gasteiger partial charge in [0, 0.05) is 30.5 Å². The highest BCUT2D eigenvalue weighted by atomic mass is 16.3. The van der Waals surface area contributed by atoms with E-state index in [0.717, 1.165) is 24.3 Å². The molecule has 0 unspecified atom stereocenters. The number of hydrogen-bond acceptors (Lipinski definition) is 2. The number of furan rings is 1. The Morgan fingerprint density at radius 1 is 1.43 bits per heavy atom. The first kappa shape index (κ1) is 13.9. The zero-order valence-corrected chi connectivity index (χ0v) is 12.5. The molecule has 2 N–H and O–H groups in total. The van der Waals surface area contributed by atoms with Gasteiger partial charge in [0.1, 0.15) is 6.04 Å². The van der Waals surface area contributed by atoms with Crippen molar-refractivity contribution in [3.63, 3.8) is 0 Å². The van der Waals surface area contributed by atoms with Gasteiger partial charge in [0.2, 0.25) is 0 Å². The number of carbonyl (C=O) groups is 1. The standard InChI is InChI=1S/C16H21N3O2/c1-12(2)17-10-15(20)19-8-7-18-6-3-4-14(18)16(19)13-5-9-21-11-13/h3-6,9,11-12,16-17H,7-8,10H2,1-2H3/p+1/t16-/m0/s1. The first-order chi connectivity index (χ1) is 10.2. The second-order valence-corrected chi connectivity index (χ2v) is 5.86. The summed E-state index contributed by atoms with van der Waals surface area (Å²) in [7, 11) is 0. The summed E-state index contributed by atoms with van der Waals surface area (Å²) in [6.07, 6.45) is 5.48. The molecule has 0 aromatic carbocycles. The summed E-state index contributed by atoms with van der Waals surface area (Å²) in [6.45, 7) is 6.28. The number of hydrogen-bond donors (Lipinski definition) is 1. The van der Waals surface area contributed by atoms with Crippen LogP contribution in [0.15, 0.2) is 41.3 Å². The molecule has 3 rings (SSSR count). The molecule has 112 valence electrons. The average Bonchev–Trinajstić information content (AvgIpc) is 3.14.